The highest BCUT2D eigenvalue weighted by Crippen LogP contribution is 2.47. The van der Waals surface area contributed by atoms with Crippen LogP contribution in [0.25, 0.3) is 22.2 Å². The van der Waals surface area contributed by atoms with E-state index in [-0.39, 0.29) is 12.8 Å². The SMILES string of the molecule is c1ccc2c(c1)NC(c1cccc3c1OCO3)c1c[nH]c3nncc-2c13. The molecule has 2 aromatic carbocycles. The van der Waals surface area contributed by atoms with E-state index in [2.05, 4.69) is 38.7 Å². The summed E-state index contributed by atoms with van der Waals surface area (Å²) in [4.78, 5) is 3.26. The summed E-state index contributed by atoms with van der Waals surface area (Å²) in [5.41, 5.74) is 6.18. The van der Waals surface area contributed by atoms with Crippen LogP contribution in [0.4, 0.5) is 5.69 Å². The van der Waals surface area contributed by atoms with Gasteiger partial charge >= 0.3 is 0 Å². The van der Waals surface area contributed by atoms with Gasteiger partial charge in [0.05, 0.1) is 12.2 Å². The van der Waals surface area contributed by atoms with Crippen LogP contribution in [0.5, 0.6) is 11.5 Å². The molecular weight excluding hydrogens is 328 g/mol. The number of H-pyrrole nitrogens is 1. The Morgan fingerprint density at radius 2 is 1.92 bits per heavy atom. The Kier molecular flexibility index (Phi) is 2.63. The zero-order chi connectivity index (χ0) is 17.1. The van der Waals surface area contributed by atoms with Crippen molar-refractivity contribution < 1.29 is 9.47 Å². The fraction of sp³-hybridized carbons (Fsp3) is 0.100. The molecule has 0 spiro atoms. The van der Waals surface area contributed by atoms with Gasteiger partial charge in [-0.2, -0.15) is 5.10 Å². The normalized spacial score (nSPS) is 16.8. The molecule has 1 unspecified atom stereocenters. The van der Waals surface area contributed by atoms with Gasteiger partial charge in [0.2, 0.25) is 6.79 Å². The lowest BCUT2D eigenvalue weighted by Gasteiger charge is -2.20. The molecule has 6 rings (SSSR count). The van der Waals surface area contributed by atoms with Crippen molar-refractivity contribution in [1.82, 2.24) is 15.2 Å². The first-order valence-electron chi connectivity index (χ1n) is 8.47. The minimum Gasteiger partial charge on any atom is -0.454 e. The molecule has 4 aromatic rings. The number of para-hydroxylation sites is 2. The molecule has 0 amide bonds. The Hall–Kier alpha value is -3.54. The monoisotopic (exact) mass is 342 g/mol. The van der Waals surface area contributed by atoms with Crippen molar-refractivity contribution in [2.75, 3.05) is 12.1 Å². The Balaban J connectivity index is 1.68. The molecule has 2 N–H and O–H groups in total. The molecule has 0 aliphatic carbocycles. The molecule has 6 heteroatoms. The van der Waals surface area contributed by atoms with E-state index in [0.717, 1.165) is 50.5 Å². The lowest BCUT2D eigenvalue weighted by atomic mass is 9.96. The molecule has 0 bridgehead atoms. The molecule has 2 aliphatic rings. The van der Waals surface area contributed by atoms with Crippen molar-refractivity contribution in [1.29, 1.82) is 0 Å². The van der Waals surface area contributed by atoms with E-state index in [4.69, 9.17) is 9.47 Å². The van der Waals surface area contributed by atoms with Crippen molar-refractivity contribution in [2.45, 2.75) is 6.04 Å². The number of aromatic amines is 1. The highest BCUT2D eigenvalue weighted by molar-refractivity contribution is 6.00. The second-order valence-corrected chi connectivity index (χ2v) is 6.43. The molecule has 126 valence electrons. The molecule has 4 heterocycles. The molecule has 0 saturated carbocycles. The average molecular weight is 342 g/mol. The van der Waals surface area contributed by atoms with Gasteiger partial charge in [-0.1, -0.05) is 30.3 Å². The van der Waals surface area contributed by atoms with Crippen LogP contribution in [-0.4, -0.2) is 22.0 Å². The molecule has 2 aromatic heterocycles. The average Bonchev–Trinajstić information content (AvgIpc) is 3.30. The summed E-state index contributed by atoms with van der Waals surface area (Å²) in [6.45, 7) is 0.250. The number of hydrogen-bond donors (Lipinski definition) is 2. The van der Waals surface area contributed by atoms with Crippen LogP contribution in [0.2, 0.25) is 0 Å². The summed E-state index contributed by atoms with van der Waals surface area (Å²) in [6.07, 6.45) is 3.83. The molecule has 1 atom stereocenters. The third kappa shape index (κ3) is 1.75. The zero-order valence-corrected chi connectivity index (χ0v) is 13.7. The van der Waals surface area contributed by atoms with Crippen molar-refractivity contribution in [2.24, 2.45) is 0 Å². The van der Waals surface area contributed by atoms with E-state index < -0.39 is 0 Å². The van der Waals surface area contributed by atoms with Gasteiger partial charge in [0, 0.05) is 39.5 Å². The second-order valence-electron chi connectivity index (χ2n) is 6.43. The lowest BCUT2D eigenvalue weighted by Crippen LogP contribution is -2.12. The maximum Gasteiger partial charge on any atom is 0.231 e. The third-order valence-corrected chi connectivity index (χ3v) is 5.07. The van der Waals surface area contributed by atoms with E-state index in [9.17, 15) is 0 Å². The molecule has 0 saturated heterocycles. The van der Waals surface area contributed by atoms with Gasteiger partial charge in [-0.05, 0) is 12.1 Å². The highest BCUT2D eigenvalue weighted by Gasteiger charge is 2.30. The molecule has 0 radical (unpaired) electrons. The van der Waals surface area contributed by atoms with Gasteiger partial charge in [-0.3, -0.25) is 0 Å². The fourth-order valence-corrected chi connectivity index (χ4v) is 3.93. The molecule has 0 fully saturated rings. The first-order valence-corrected chi connectivity index (χ1v) is 8.47. The number of rotatable bonds is 1. The van der Waals surface area contributed by atoms with Crippen molar-refractivity contribution in [3.8, 4) is 22.6 Å². The number of ether oxygens (including phenoxy) is 2. The topological polar surface area (TPSA) is 72.1 Å². The van der Waals surface area contributed by atoms with Crippen LogP contribution >= 0.6 is 0 Å². The van der Waals surface area contributed by atoms with Crippen LogP contribution in [0.15, 0.2) is 54.9 Å². The van der Waals surface area contributed by atoms with E-state index in [1.807, 2.05) is 36.7 Å². The van der Waals surface area contributed by atoms with Gasteiger partial charge < -0.3 is 19.8 Å². The van der Waals surface area contributed by atoms with Gasteiger partial charge in [-0.15, -0.1) is 5.10 Å². The van der Waals surface area contributed by atoms with Crippen molar-refractivity contribution in [3.63, 3.8) is 0 Å². The summed E-state index contributed by atoms with van der Waals surface area (Å²) in [7, 11) is 0. The predicted molar refractivity (Wildman–Crippen MR) is 97.4 cm³/mol. The summed E-state index contributed by atoms with van der Waals surface area (Å²) < 4.78 is 11.3. The quantitative estimate of drug-likeness (QED) is 0.549. The van der Waals surface area contributed by atoms with Crippen LogP contribution in [0.1, 0.15) is 17.2 Å². The lowest BCUT2D eigenvalue weighted by molar-refractivity contribution is 0.173. The van der Waals surface area contributed by atoms with Gasteiger partial charge in [0.15, 0.2) is 17.1 Å². The van der Waals surface area contributed by atoms with Crippen LogP contribution in [-0.2, 0) is 0 Å². The van der Waals surface area contributed by atoms with Gasteiger partial charge in [0.25, 0.3) is 0 Å². The Bertz CT molecular complexity index is 1170. The number of fused-ring (bicyclic) bond motifs is 3. The Labute approximate surface area is 148 Å². The standard InChI is InChI=1S/C20H14N4O2/c1-2-6-15-11(4-1)13-9-22-24-20-17(13)14(8-21-20)18(23-15)12-5-3-7-16-19(12)26-10-25-16/h1-9,18,23H,10H2,(H,21,24). The number of aromatic nitrogens is 3. The van der Waals surface area contributed by atoms with Crippen LogP contribution < -0.4 is 14.8 Å². The summed E-state index contributed by atoms with van der Waals surface area (Å²) >= 11 is 0. The number of benzene rings is 2. The van der Waals surface area contributed by atoms with Crippen molar-refractivity contribution >= 4 is 16.7 Å². The number of nitrogens with zero attached hydrogens (tertiary/aromatic N) is 2. The Morgan fingerprint density at radius 1 is 0.962 bits per heavy atom. The minimum atomic E-state index is -0.0907. The van der Waals surface area contributed by atoms with Crippen molar-refractivity contribution in [3.05, 3.63) is 66.0 Å². The molecule has 6 nitrogen and oxygen atoms in total. The van der Waals surface area contributed by atoms with Crippen LogP contribution in [0.3, 0.4) is 0 Å². The number of anilines is 1. The third-order valence-electron chi connectivity index (χ3n) is 5.07. The summed E-state index contributed by atoms with van der Waals surface area (Å²) in [5, 5.41) is 13.2. The predicted octanol–water partition coefficient (Wildman–Crippen LogP) is 3.87. The van der Waals surface area contributed by atoms with Gasteiger partial charge in [-0.25, -0.2) is 0 Å². The van der Waals surface area contributed by atoms with E-state index in [0.29, 0.717) is 0 Å². The minimum absolute atomic E-state index is 0.0907. The van der Waals surface area contributed by atoms with Gasteiger partial charge in [0.1, 0.15) is 0 Å². The molecular formula is C20H14N4O2. The number of nitrogens with one attached hydrogen (secondary N) is 2. The second kappa shape index (κ2) is 4.98. The maximum absolute atomic E-state index is 5.77. The highest BCUT2D eigenvalue weighted by atomic mass is 16.7. The summed E-state index contributed by atoms with van der Waals surface area (Å²) in [6, 6.07) is 14.2. The Morgan fingerprint density at radius 3 is 2.92 bits per heavy atom. The molecule has 26 heavy (non-hydrogen) atoms. The first-order chi connectivity index (χ1) is 12.9. The largest absolute Gasteiger partial charge is 0.454 e. The smallest absolute Gasteiger partial charge is 0.231 e. The fourth-order valence-electron chi connectivity index (χ4n) is 3.93. The molecule has 2 aliphatic heterocycles. The maximum atomic E-state index is 5.77. The first kappa shape index (κ1) is 13.7. The zero-order valence-electron chi connectivity index (χ0n) is 13.7. The summed E-state index contributed by atoms with van der Waals surface area (Å²) in [5.74, 6) is 1.57. The van der Waals surface area contributed by atoms with E-state index in [1.54, 1.807) is 0 Å². The van der Waals surface area contributed by atoms with Crippen LogP contribution in [0, 0.1) is 0 Å². The van der Waals surface area contributed by atoms with E-state index in [1.165, 1.54) is 0 Å². The van der Waals surface area contributed by atoms with E-state index >= 15 is 0 Å². The number of hydrogen-bond acceptors (Lipinski definition) is 5.